The summed E-state index contributed by atoms with van der Waals surface area (Å²) in [5.74, 6) is 0.974. The predicted octanol–water partition coefficient (Wildman–Crippen LogP) is 7.05. The summed E-state index contributed by atoms with van der Waals surface area (Å²) in [6.45, 7) is 12.5. The first-order valence-electron chi connectivity index (χ1n) is 14.7. The van der Waals surface area contributed by atoms with Crippen molar-refractivity contribution in [3.8, 4) is 11.3 Å². The van der Waals surface area contributed by atoms with E-state index in [4.69, 9.17) is 14.5 Å². The lowest BCUT2D eigenvalue weighted by molar-refractivity contribution is -0.0705. The van der Waals surface area contributed by atoms with Gasteiger partial charge in [0.05, 0.1) is 24.4 Å². The molecule has 0 spiro atoms. The number of amides is 1. The van der Waals surface area contributed by atoms with Crippen molar-refractivity contribution < 1.29 is 14.3 Å². The largest absolute Gasteiger partial charge is 0.444 e. The second-order valence-electron chi connectivity index (χ2n) is 12.5. The Hall–Kier alpha value is -3.94. The number of carbonyl (C=O) groups excluding carboxylic acids is 1. The van der Waals surface area contributed by atoms with Crippen LogP contribution in [0.4, 0.5) is 4.79 Å². The maximum absolute atomic E-state index is 13.0. The molecule has 1 fully saturated rings. The molecule has 220 valence electrons. The van der Waals surface area contributed by atoms with Gasteiger partial charge in [0.15, 0.2) is 0 Å². The topological polar surface area (TPSA) is 68.6 Å². The molecule has 3 aromatic carbocycles. The van der Waals surface area contributed by atoms with Gasteiger partial charge in [-0.25, -0.2) is 9.78 Å². The first-order chi connectivity index (χ1) is 20.1. The molecule has 2 atom stereocenters. The minimum absolute atomic E-state index is 0.0653. The molecular weight excluding hydrogens is 524 g/mol. The minimum atomic E-state index is -0.774. The molecule has 1 aliphatic rings. The summed E-state index contributed by atoms with van der Waals surface area (Å²) in [5.41, 5.74) is 3.29. The molecule has 1 saturated heterocycles. The van der Waals surface area contributed by atoms with Crippen LogP contribution in [0.1, 0.15) is 57.6 Å². The van der Waals surface area contributed by atoms with Crippen molar-refractivity contribution in [2.75, 3.05) is 13.1 Å². The van der Waals surface area contributed by atoms with Crippen molar-refractivity contribution in [1.82, 2.24) is 19.8 Å². The van der Waals surface area contributed by atoms with Crippen LogP contribution in [0.3, 0.4) is 0 Å². The molecule has 1 amide bonds. The number of nitrogens with zero attached hydrogens (tertiary/aromatic N) is 3. The number of benzene rings is 3. The normalized spacial score (nSPS) is 17.3. The molecule has 0 radical (unpaired) electrons. The van der Waals surface area contributed by atoms with E-state index < -0.39 is 5.72 Å². The Morgan fingerprint density at radius 3 is 2.19 bits per heavy atom. The molecule has 7 heteroatoms. The van der Waals surface area contributed by atoms with Crippen molar-refractivity contribution in [2.45, 2.75) is 65.6 Å². The van der Waals surface area contributed by atoms with Crippen LogP contribution in [0.5, 0.6) is 0 Å². The number of hydrogen-bond acceptors (Lipinski definition) is 5. The van der Waals surface area contributed by atoms with Gasteiger partial charge in [0.1, 0.15) is 18.2 Å². The maximum Gasteiger partial charge on any atom is 0.412 e. The number of carbonyl (C=O) groups is 1. The molecule has 0 saturated carbocycles. The van der Waals surface area contributed by atoms with Gasteiger partial charge in [0.2, 0.25) is 0 Å². The van der Waals surface area contributed by atoms with Crippen LogP contribution in [-0.4, -0.2) is 45.5 Å². The fourth-order valence-corrected chi connectivity index (χ4v) is 5.48. The SMILES string of the molecule is CC(C)(C)[C@@H](NC[C@@H]1CN(C(=O)OCc2ccccc2)C(C)(C)O1)c1nc(-c2ccccc2)cn1Cc1ccccc1. The van der Waals surface area contributed by atoms with Gasteiger partial charge in [0, 0.05) is 24.8 Å². The van der Waals surface area contributed by atoms with E-state index >= 15 is 0 Å². The highest BCUT2D eigenvalue weighted by molar-refractivity contribution is 5.68. The standard InChI is InChI=1S/C35H42N4O3/c1-34(2,3)31(32-37-30(28-19-13-8-14-20-28)24-38(32)22-26-15-9-6-10-16-26)36-21-29-23-39(35(4,5)42-29)33(40)41-25-27-17-11-7-12-18-27/h6-20,24,29,31,36H,21-23,25H2,1-5H3/t29-,31+/m1/s1. The zero-order chi connectivity index (χ0) is 29.7. The van der Waals surface area contributed by atoms with Gasteiger partial charge < -0.3 is 19.4 Å². The van der Waals surface area contributed by atoms with E-state index in [0.29, 0.717) is 13.1 Å². The fourth-order valence-electron chi connectivity index (χ4n) is 5.48. The van der Waals surface area contributed by atoms with Gasteiger partial charge in [-0.2, -0.15) is 0 Å². The average Bonchev–Trinajstić information content (AvgIpc) is 3.52. The first kappa shape index (κ1) is 29.5. The van der Waals surface area contributed by atoms with E-state index in [9.17, 15) is 4.79 Å². The van der Waals surface area contributed by atoms with Crippen LogP contribution in [-0.2, 0) is 22.6 Å². The van der Waals surface area contributed by atoms with Crippen LogP contribution in [0.25, 0.3) is 11.3 Å². The van der Waals surface area contributed by atoms with Gasteiger partial charge in [-0.1, -0.05) is 112 Å². The molecule has 1 N–H and O–H groups in total. The summed E-state index contributed by atoms with van der Waals surface area (Å²) in [6.07, 6.45) is 1.59. The van der Waals surface area contributed by atoms with E-state index in [-0.39, 0.29) is 30.3 Å². The number of hydrogen-bond donors (Lipinski definition) is 1. The van der Waals surface area contributed by atoms with Crippen LogP contribution in [0, 0.1) is 5.41 Å². The summed E-state index contributed by atoms with van der Waals surface area (Å²) in [7, 11) is 0. The fraction of sp³-hybridized carbons (Fsp3) is 0.371. The Bertz CT molecular complexity index is 1450. The Morgan fingerprint density at radius 2 is 1.57 bits per heavy atom. The third kappa shape index (κ3) is 7.09. The minimum Gasteiger partial charge on any atom is -0.444 e. The summed E-state index contributed by atoms with van der Waals surface area (Å²) in [4.78, 5) is 19.9. The highest BCUT2D eigenvalue weighted by Gasteiger charge is 2.44. The second kappa shape index (κ2) is 12.5. The van der Waals surface area contributed by atoms with Gasteiger partial charge >= 0.3 is 6.09 Å². The van der Waals surface area contributed by atoms with E-state index in [1.54, 1.807) is 4.90 Å². The number of imidazole rings is 1. The highest BCUT2D eigenvalue weighted by Crippen LogP contribution is 2.35. The van der Waals surface area contributed by atoms with Gasteiger partial charge in [0.25, 0.3) is 0 Å². The van der Waals surface area contributed by atoms with E-state index in [1.807, 2.05) is 68.4 Å². The van der Waals surface area contributed by atoms with Crippen LogP contribution in [0.15, 0.2) is 97.2 Å². The van der Waals surface area contributed by atoms with Crippen molar-refractivity contribution in [3.63, 3.8) is 0 Å². The Balaban J connectivity index is 1.33. The first-order valence-corrected chi connectivity index (χ1v) is 14.7. The third-order valence-electron chi connectivity index (χ3n) is 7.66. The lowest BCUT2D eigenvalue weighted by Gasteiger charge is -2.32. The third-order valence-corrected chi connectivity index (χ3v) is 7.66. The smallest absolute Gasteiger partial charge is 0.412 e. The molecule has 42 heavy (non-hydrogen) atoms. The summed E-state index contributed by atoms with van der Waals surface area (Å²) >= 11 is 0. The van der Waals surface area contributed by atoms with Gasteiger partial charge in [-0.3, -0.25) is 4.90 Å². The quantitative estimate of drug-likeness (QED) is 0.235. The maximum atomic E-state index is 13.0. The molecular formula is C35H42N4O3. The second-order valence-corrected chi connectivity index (χ2v) is 12.5. The Labute approximate surface area is 249 Å². The average molecular weight is 567 g/mol. The zero-order valence-electron chi connectivity index (χ0n) is 25.3. The lowest BCUT2D eigenvalue weighted by atomic mass is 9.86. The van der Waals surface area contributed by atoms with E-state index in [2.05, 4.69) is 73.3 Å². The molecule has 0 aliphatic carbocycles. The van der Waals surface area contributed by atoms with Crippen LogP contribution < -0.4 is 5.32 Å². The van der Waals surface area contributed by atoms with Crippen molar-refractivity contribution >= 4 is 6.09 Å². The van der Waals surface area contributed by atoms with Crippen LogP contribution in [0.2, 0.25) is 0 Å². The summed E-state index contributed by atoms with van der Waals surface area (Å²) < 4.78 is 14.3. The van der Waals surface area contributed by atoms with Gasteiger partial charge in [-0.05, 0) is 30.4 Å². The molecule has 5 rings (SSSR count). The number of rotatable bonds is 9. The summed E-state index contributed by atoms with van der Waals surface area (Å²) in [6, 6.07) is 30.4. The number of ether oxygens (including phenoxy) is 2. The summed E-state index contributed by atoms with van der Waals surface area (Å²) in [5, 5.41) is 3.78. The zero-order valence-corrected chi connectivity index (χ0v) is 25.3. The lowest BCUT2D eigenvalue weighted by Crippen LogP contribution is -2.43. The number of aromatic nitrogens is 2. The molecule has 1 aromatic heterocycles. The molecule has 2 heterocycles. The van der Waals surface area contributed by atoms with Crippen molar-refractivity contribution in [1.29, 1.82) is 0 Å². The van der Waals surface area contributed by atoms with Crippen LogP contribution >= 0.6 is 0 Å². The molecule has 1 aliphatic heterocycles. The molecule has 0 unspecified atom stereocenters. The van der Waals surface area contributed by atoms with Crippen molar-refractivity contribution in [2.24, 2.45) is 5.41 Å². The predicted molar refractivity (Wildman–Crippen MR) is 166 cm³/mol. The number of nitrogens with one attached hydrogen (secondary N) is 1. The molecule has 4 aromatic rings. The molecule has 0 bridgehead atoms. The highest BCUT2D eigenvalue weighted by atomic mass is 16.6. The Kier molecular flexibility index (Phi) is 8.80. The molecule has 7 nitrogen and oxygen atoms in total. The Morgan fingerprint density at radius 1 is 0.976 bits per heavy atom. The van der Waals surface area contributed by atoms with Gasteiger partial charge in [-0.15, -0.1) is 0 Å². The van der Waals surface area contributed by atoms with E-state index in [0.717, 1.165) is 29.2 Å². The van der Waals surface area contributed by atoms with E-state index in [1.165, 1.54) is 5.56 Å². The van der Waals surface area contributed by atoms with Crippen molar-refractivity contribution in [3.05, 3.63) is 114 Å². The monoisotopic (exact) mass is 566 g/mol.